The summed E-state index contributed by atoms with van der Waals surface area (Å²) in [5.41, 5.74) is -0.388. The van der Waals surface area contributed by atoms with Gasteiger partial charge in [-0.25, -0.2) is 4.79 Å². The Balaban J connectivity index is 1.43. The average molecular weight is 409 g/mol. The van der Waals surface area contributed by atoms with Crippen molar-refractivity contribution in [3.8, 4) is 0 Å². The summed E-state index contributed by atoms with van der Waals surface area (Å²) in [6, 6.07) is 0. The van der Waals surface area contributed by atoms with Crippen LogP contribution in [-0.4, -0.2) is 104 Å². The Morgan fingerprint density at radius 3 is 2.66 bits per heavy atom. The average Bonchev–Trinajstić information content (AvgIpc) is 2.96. The molecule has 3 aliphatic rings. The first-order valence-corrected chi connectivity index (χ1v) is 11.4. The van der Waals surface area contributed by atoms with E-state index in [0.717, 1.165) is 64.8 Å². The van der Waals surface area contributed by atoms with Crippen LogP contribution in [-0.2, 0) is 9.53 Å². The van der Waals surface area contributed by atoms with Gasteiger partial charge in [0.25, 0.3) is 0 Å². The van der Waals surface area contributed by atoms with E-state index < -0.39 is 0 Å². The Morgan fingerprint density at radius 1 is 1.28 bits per heavy atom. The summed E-state index contributed by atoms with van der Waals surface area (Å²) in [5.74, 6) is 1.08. The summed E-state index contributed by atoms with van der Waals surface area (Å²) in [4.78, 5) is 33.8. The van der Waals surface area contributed by atoms with Crippen molar-refractivity contribution in [3.63, 3.8) is 0 Å². The van der Waals surface area contributed by atoms with E-state index in [-0.39, 0.29) is 17.6 Å². The highest BCUT2D eigenvalue weighted by Gasteiger charge is 2.47. The molecule has 0 aliphatic carbocycles. The van der Waals surface area contributed by atoms with Crippen molar-refractivity contribution in [2.75, 3.05) is 66.5 Å². The highest BCUT2D eigenvalue weighted by Crippen LogP contribution is 2.34. The van der Waals surface area contributed by atoms with Gasteiger partial charge >= 0.3 is 6.09 Å². The fourth-order valence-electron chi connectivity index (χ4n) is 5.13. The van der Waals surface area contributed by atoms with E-state index in [0.29, 0.717) is 31.5 Å². The first-order chi connectivity index (χ1) is 13.8. The third-order valence-electron chi connectivity index (χ3n) is 6.65. The number of hydrogen-bond acceptors (Lipinski definition) is 5. The van der Waals surface area contributed by atoms with Crippen LogP contribution < -0.4 is 0 Å². The summed E-state index contributed by atoms with van der Waals surface area (Å²) in [7, 11) is 4.23. The molecule has 0 N–H and O–H groups in total. The molecule has 0 bridgehead atoms. The lowest BCUT2D eigenvalue weighted by atomic mass is 9.89. The van der Waals surface area contributed by atoms with Gasteiger partial charge in [-0.15, -0.1) is 0 Å². The van der Waals surface area contributed by atoms with Gasteiger partial charge in [-0.05, 0) is 52.4 Å². The van der Waals surface area contributed by atoms with Gasteiger partial charge in [-0.3, -0.25) is 4.79 Å². The molecule has 3 fully saturated rings. The molecule has 29 heavy (non-hydrogen) atoms. The number of rotatable bonds is 7. The van der Waals surface area contributed by atoms with Crippen molar-refractivity contribution < 1.29 is 14.3 Å². The minimum Gasteiger partial charge on any atom is -0.441 e. The number of ether oxygens (including phenoxy) is 1. The number of likely N-dealkylation sites (tertiary alicyclic amines) is 2. The van der Waals surface area contributed by atoms with Crippen LogP contribution in [0.2, 0.25) is 0 Å². The van der Waals surface area contributed by atoms with E-state index >= 15 is 0 Å². The first-order valence-electron chi connectivity index (χ1n) is 11.4. The van der Waals surface area contributed by atoms with Crippen molar-refractivity contribution in [3.05, 3.63) is 0 Å². The second kappa shape index (κ2) is 9.65. The lowest BCUT2D eigenvalue weighted by Crippen LogP contribution is -2.51. The van der Waals surface area contributed by atoms with Crippen LogP contribution in [0, 0.1) is 11.8 Å². The molecule has 3 aliphatic heterocycles. The van der Waals surface area contributed by atoms with Crippen LogP contribution in [0.5, 0.6) is 0 Å². The zero-order chi connectivity index (χ0) is 21.0. The number of nitrogens with zero attached hydrogens (tertiary/aromatic N) is 4. The lowest BCUT2D eigenvalue weighted by molar-refractivity contribution is -0.140. The quantitative estimate of drug-likeness (QED) is 0.646. The second-order valence-corrected chi connectivity index (χ2v) is 9.91. The van der Waals surface area contributed by atoms with Crippen LogP contribution in [0.15, 0.2) is 0 Å². The highest BCUT2D eigenvalue weighted by molar-refractivity contribution is 5.79. The third-order valence-corrected chi connectivity index (χ3v) is 6.65. The number of amides is 2. The Bertz CT molecular complexity index is 574. The van der Waals surface area contributed by atoms with Crippen LogP contribution in [0.1, 0.15) is 46.0 Å². The van der Waals surface area contributed by atoms with Crippen molar-refractivity contribution >= 4 is 12.0 Å². The normalized spacial score (nSPS) is 25.3. The smallest absolute Gasteiger partial charge is 0.410 e. The van der Waals surface area contributed by atoms with Gasteiger partial charge in [0.05, 0.1) is 12.5 Å². The summed E-state index contributed by atoms with van der Waals surface area (Å²) in [6.45, 7) is 11.3. The molecule has 1 spiro atoms. The molecule has 7 heteroatoms. The van der Waals surface area contributed by atoms with Crippen LogP contribution in [0.3, 0.4) is 0 Å². The number of carbonyl (C=O) groups excluding carboxylic acids is 2. The van der Waals surface area contributed by atoms with Gasteiger partial charge in [0, 0.05) is 45.6 Å². The second-order valence-electron chi connectivity index (χ2n) is 9.91. The molecule has 3 saturated heterocycles. The Kier molecular flexibility index (Phi) is 7.43. The molecular weight excluding hydrogens is 368 g/mol. The van der Waals surface area contributed by atoms with Crippen molar-refractivity contribution in [1.29, 1.82) is 0 Å². The van der Waals surface area contributed by atoms with Crippen LogP contribution in [0.4, 0.5) is 4.79 Å². The molecule has 0 aromatic carbocycles. The van der Waals surface area contributed by atoms with Gasteiger partial charge in [-0.2, -0.15) is 0 Å². The van der Waals surface area contributed by atoms with Crippen molar-refractivity contribution in [2.45, 2.75) is 51.6 Å². The predicted molar refractivity (Wildman–Crippen MR) is 114 cm³/mol. The van der Waals surface area contributed by atoms with E-state index in [4.69, 9.17) is 4.74 Å². The molecule has 0 unspecified atom stereocenters. The molecule has 0 aromatic heterocycles. The monoisotopic (exact) mass is 408 g/mol. The maximum absolute atomic E-state index is 12.9. The zero-order valence-electron chi connectivity index (χ0n) is 18.9. The van der Waals surface area contributed by atoms with E-state index in [9.17, 15) is 9.59 Å². The number of piperidine rings is 2. The first kappa shape index (κ1) is 22.3. The van der Waals surface area contributed by atoms with E-state index in [1.165, 1.54) is 0 Å². The Morgan fingerprint density at radius 2 is 2.00 bits per heavy atom. The van der Waals surface area contributed by atoms with Crippen molar-refractivity contribution in [2.24, 2.45) is 11.8 Å². The van der Waals surface area contributed by atoms with Crippen LogP contribution >= 0.6 is 0 Å². The summed E-state index contributed by atoms with van der Waals surface area (Å²) >= 11 is 0. The largest absolute Gasteiger partial charge is 0.441 e. The molecule has 2 amide bonds. The van der Waals surface area contributed by atoms with Crippen LogP contribution in [0.25, 0.3) is 0 Å². The topological polar surface area (TPSA) is 56.3 Å². The summed E-state index contributed by atoms with van der Waals surface area (Å²) in [6.07, 6.45) is 4.41. The van der Waals surface area contributed by atoms with Gasteiger partial charge in [0.15, 0.2) is 0 Å². The Labute approximate surface area is 176 Å². The fourth-order valence-corrected chi connectivity index (χ4v) is 5.13. The van der Waals surface area contributed by atoms with E-state index in [1.54, 1.807) is 0 Å². The minimum absolute atomic E-state index is 0.133. The fraction of sp³-hybridized carbons (Fsp3) is 0.909. The summed E-state index contributed by atoms with van der Waals surface area (Å²) < 4.78 is 5.84. The minimum atomic E-state index is -0.388. The molecule has 0 radical (unpaired) electrons. The Hall–Kier alpha value is -1.34. The van der Waals surface area contributed by atoms with Crippen molar-refractivity contribution in [1.82, 2.24) is 19.6 Å². The van der Waals surface area contributed by atoms with E-state index in [1.807, 2.05) is 9.80 Å². The molecule has 1 atom stereocenters. The summed E-state index contributed by atoms with van der Waals surface area (Å²) in [5, 5.41) is 0. The molecule has 3 heterocycles. The molecule has 166 valence electrons. The predicted octanol–water partition coefficient (Wildman–Crippen LogP) is 2.12. The van der Waals surface area contributed by atoms with Gasteiger partial charge in [0.1, 0.15) is 5.60 Å². The standard InChI is InChI=1S/C22H40N4O3/c1-18(2)15-23(3)11-6-12-26-17-22(29-21(26)28)8-13-25(14-9-22)20(27)19-7-5-10-24(4)16-19/h18-19H,5-17H2,1-4H3/t19-/m1/s1. The van der Waals surface area contributed by atoms with Gasteiger partial charge < -0.3 is 24.3 Å². The van der Waals surface area contributed by atoms with Gasteiger partial charge in [-0.1, -0.05) is 13.8 Å². The molecule has 7 nitrogen and oxygen atoms in total. The number of hydrogen-bond donors (Lipinski definition) is 0. The molecule has 0 aromatic rings. The van der Waals surface area contributed by atoms with Gasteiger partial charge in [0.2, 0.25) is 5.91 Å². The molecule has 0 saturated carbocycles. The molecular formula is C22H40N4O3. The molecule has 3 rings (SSSR count). The SMILES string of the molecule is CC(C)CN(C)CCCN1CC2(CCN(C(=O)[C@@H]3CCCN(C)C3)CC2)OC1=O. The highest BCUT2D eigenvalue weighted by atomic mass is 16.6. The lowest BCUT2D eigenvalue weighted by Gasteiger charge is -2.40. The van der Waals surface area contributed by atoms with E-state index in [2.05, 4.69) is 37.7 Å². The third kappa shape index (κ3) is 5.85. The zero-order valence-corrected chi connectivity index (χ0v) is 18.9. The maximum atomic E-state index is 12.9. The maximum Gasteiger partial charge on any atom is 0.410 e. The number of carbonyl (C=O) groups is 2.